The van der Waals surface area contributed by atoms with Crippen molar-refractivity contribution in [3.05, 3.63) is 65.7 Å². The molecule has 0 aromatic heterocycles. The molecule has 7 heteroatoms. The van der Waals surface area contributed by atoms with Crippen LogP contribution in [0.1, 0.15) is 29.3 Å². The molecular formula is C22H22N2O5. The van der Waals surface area contributed by atoms with Crippen LogP contribution in [-0.4, -0.2) is 41.6 Å². The molecule has 150 valence electrons. The molecule has 1 atom stereocenters. The number of ether oxygens (including phenoxy) is 1. The number of amides is 2. The van der Waals surface area contributed by atoms with Gasteiger partial charge in [-0.2, -0.15) is 0 Å². The normalized spacial score (nSPS) is 15.8. The minimum absolute atomic E-state index is 0.0773. The first-order valence-corrected chi connectivity index (χ1v) is 9.31. The van der Waals surface area contributed by atoms with Gasteiger partial charge in [-0.1, -0.05) is 42.5 Å². The van der Waals surface area contributed by atoms with Crippen LogP contribution in [0.2, 0.25) is 0 Å². The third-order valence-electron chi connectivity index (χ3n) is 4.66. The number of likely N-dealkylation sites (tertiary alicyclic amines) is 1. The first-order chi connectivity index (χ1) is 13.9. The van der Waals surface area contributed by atoms with Gasteiger partial charge in [0.1, 0.15) is 0 Å². The van der Waals surface area contributed by atoms with Crippen LogP contribution in [0.5, 0.6) is 0 Å². The molecule has 7 nitrogen and oxygen atoms in total. The Morgan fingerprint density at radius 3 is 2.59 bits per heavy atom. The summed E-state index contributed by atoms with van der Waals surface area (Å²) in [6, 6.07) is 16.0. The quantitative estimate of drug-likeness (QED) is 0.575. The fourth-order valence-corrected chi connectivity index (χ4v) is 3.15. The molecule has 2 amide bonds. The van der Waals surface area contributed by atoms with E-state index < -0.39 is 24.4 Å². The number of nitrogens with one attached hydrogen (secondary N) is 1. The van der Waals surface area contributed by atoms with E-state index in [1.807, 2.05) is 30.3 Å². The van der Waals surface area contributed by atoms with Crippen molar-refractivity contribution in [2.24, 2.45) is 5.92 Å². The van der Waals surface area contributed by atoms with Crippen LogP contribution in [0, 0.1) is 5.92 Å². The summed E-state index contributed by atoms with van der Waals surface area (Å²) in [6.07, 6.45) is 0.0773. The maximum absolute atomic E-state index is 12.3. The molecule has 2 aromatic carbocycles. The average Bonchev–Trinajstić information content (AvgIpc) is 3.07. The van der Waals surface area contributed by atoms with Gasteiger partial charge < -0.3 is 15.0 Å². The van der Waals surface area contributed by atoms with Crippen molar-refractivity contribution in [2.45, 2.75) is 19.9 Å². The zero-order valence-electron chi connectivity index (χ0n) is 16.1. The number of hydrogen-bond donors (Lipinski definition) is 1. The van der Waals surface area contributed by atoms with Gasteiger partial charge in [-0.05, 0) is 24.6 Å². The van der Waals surface area contributed by atoms with Gasteiger partial charge in [0.05, 0.1) is 5.92 Å². The minimum atomic E-state index is -0.583. The Morgan fingerprint density at radius 2 is 1.86 bits per heavy atom. The highest BCUT2D eigenvalue weighted by atomic mass is 16.5. The summed E-state index contributed by atoms with van der Waals surface area (Å²) in [5.74, 6) is -1.88. The Morgan fingerprint density at radius 1 is 1.10 bits per heavy atom. The Hall–Kier alpha value is -3.48. The van der Waals surface area contributed by atoms with E-state index in [2.05, 4.69) is 5.32 Å². The first kappa shape index (κ1) is 20.3. The van der Waals surface area contributed by atoms with Crippen LogP contribution in [0.25, 0.3) is 0 Å². The van der Waals surface area contributed by atoms with Crippen LogP contribution < -0.4 is 5.32 Å². The molecule has 1 aliphatic rings. The molecule has 2 aromatic rings. The van der Waals surface area contributed by atoms with Gasteiger partial charge in [0, 0.05) is 30.8 Å². The van der Waals surface area contributed by atoms with E-state index in [0.29, 0.717) is 17.8 Å². The predicted molar refractivity (Wildman–Crippen MR) is 106 cm³/mol. The summed E-state index contributed by atoms with van der Waals surface area (Å²) in [4.78, 5) is 49.5. The summed E-state index contributed by atoms with van der Waals surface area (Å²) in [5, 5.41) is 2.59. The minimum Gasteiger partial charge on any atom is -0.455 e. The summed E-state index contributed by atoms with van der Waals surface area (Å²) in [6.45, 7) is 1.70. The number of Topliss-reactive ketones (excluding diaryl/α,β-unsaturated/α-hetero) is 1. The van der Waals surface area contributed by atoms with Crippen LogP contribution in [0.15, 0.2) is 54.6 Å². The number of anilines is 1. The zero-order chi connectivity index (χ0) is 20.8. The predicted octanol–water partition coefficient (Wildman–Crippen LogP) is 2.42. The fourth-order valence-electron chi connectivity index (χ4n) is 3.15. The van der Waals surface area contributed by atoms with Crippen molar-refractivity contribution in [2.75, 3.05) is 18.5 Å². The van der Waals surface area contributed by atoms with Crippen LogP contribution in [0.3, 0.4) is 0 Å². The van der Waals surface area contributed by atoms with Crippen LogP contribution in [-0.2, 0) is 25.7 Å². The maximum Gasteiger partial charge on any atom is 0.311 e. The number of nitrogens with zero attached hydrogens (tertiary/aromatic N) is 1. The van der Waals surface area contributed by atoms with Crippen LogP contribution in [0.4, 0.5) is 5.69 Å². The van der Waals surface area contributed by atoms with E-state index in [4.69, 9.17) is 4.74 Å². The first-order valence-electron chi connectivity index (χ1n) is 9.31. The Bertz CT molecular complexity index is 926. The standard InChI is InChI=1S/C22H22N2O5/c1-15(25)17-8-5-9-19(10-17)23-20(26)14-29-22(28)18-11-21(27)24(13-18)12-16-6-3-2-4-7-16/h2-10,18H,11-14H2,1H3,(H,23,26)/t18-/m0/s1. The largest absolute Gasteiger partial charge is 0.455 e. The van der Waals surface area contributed by atoms with E-state index in [0.717, 1.165) is 5.56 Å². The molecule has 1 saturated heterocycles. The topological polar surface area (TPSA) is 92.8 Å². The van der Waals surface area contributed by atoms with E-state index in [1.54, 1.807) is 29.2 Å². The molecule has 0 radical (unpaired) electrons. The third kappa shape index (κ3) is 5.51. The molecule has 1 N–H and O–H groups in total. The highest BCUT2D eigenvalue weighted by Gasteiger charge is 2.35. The lowest BCUT2D eigenvalue weighted by atomic mass is 10.1. The Labute approximate surface area is 168 Å². The summed E-state index contributed by atoms with van der Waals surface area (Å²) in [5.41, 5.74) is 1.91. The molecule has 0 bridgehead atoms. The third-order valence-corrected chi connectivity index (χ3v) is 4.66. The lowest BCUT2D eigenvalue weighted by Crippen LogP contribution is -2.28. The second kappa shape index (κ2) is 9.14. The van der Waals surface area contributed by atoms with Gasteiger partial charge in [0.15, 0.2) is 12.4 Å². The highest BCUT2D eigenvalue weighted by molar-refractivity contribution is 5.97. The second-order valence-electron chi connectivity index (χ2n) is 6.95. The lowest BCUT2D eigenvalue weighted by Gasteiger charge is -2.16. The van der Waals surface area contributed by atoms with Crippen LogP contribution >= 0.6 is 0 Å². The number of carbonyl (C=O) groups is 4. The van der Waals surface area contributed by atoms with Crippen molar-refractivity contribution < 1.29 is 23.9 Å². The smallest absolute Gasteiger partial charge is 0.311 e. The number of ketones is 1. The second-order valence-corrected chi connectivity index (χ2v) is 6.95. The van der Waals surface area contributed by atoms with Gasteiger partial charge in [-0.15, -0.1) is 0 Å². The van der Waals surface area contributed by atoms with Gasteiger partial charge in [-0.3, -0.25) is 19.2 Å². The SMILES string of the molecule is CC(=O)c1cccc(NC(=O)COC(=O)[C@H]2CC(=O)N(Cc3ccccc3)C2)c1. The summed E-state index contributed by atoms with van der Waals surface area (Å²) in [7, 11) is 0. The van der Waals surface area contributed by atoms with E-state index in [1.165, 1.54) is 6.92 Å². The molecule has 0 unspecified atom stereocenters. The summed E-state index contributed by atoms with van der Waals surface area (Å²) < 4.78 is 5.09. The molecular weight excluding hydrogens is 372 g/mol. The van der Waals surface area contributed by atoms with Gasteiger partial charge >= 0.3 is 5.97 Å². The number of rotatable bonds is 7. The molecule has 1 heterocycles. The highest BCUT2D eigenvalue weighted by Crippen LogP contribution is 2.21. The van der Waals surface area contributed by atoms with Crippen molar-refractivity contribution in [3.63, 3.8) is 0 Å². The maximum atomic E-state index is 12.3. The molecule has 29 heavy (non-hydrogen) atoms. The summed E-state index contributed by atoms with van der Waals surface area (Å²) >= 11 is 0. The van der Waals surface area contributed by atoms with Crippen molar-refractivity contribution in [3.8, 4) is 0 Å². The molecule has 1 aliphatic heterocycles. The monoisotopic (exact) mass is 394 g/mol. The van der Waals surface area contributed by atoms with Crippen molar-refractivity contribution in [1.82, 2.24) is 4.90 Å². The Balaban J connectivity index is 1.48. The van der Waals surface area contributed by atoms with E-state index >= 15 is 0 Å². The number of hydrogen-bond acceptors (Lipinski definition) is 5. The number of benzene rings is 2. The fraction of sp³-hybridized carbons (Fsp3) is 0.273. The zero-order valence-corrected chi connectivity index (χ0v) is 16.1. The van der Waals surface area contributed by atoms with Gasteiger partial charge in [-0.25, -0.2) is 0 Å². The number of esters is 1. The number of carbonyl (C=O) groups excluding carboxylic acids is 4. The van der Waals surface area contributed by atoms with Crippen molar-refractivity contribution >= 4 is 29.3 Å². The van der Waals surface area contributed by atoms with E-state index in [-0.39, 0.29) is 24.7 Å². The molecule has 3 rings (SSSR count). The molecule has 0 spiro atoms. The lowest BCUT2D eigenvalue weighted by molar-refractivity contribution is -0.151. The molecule has 0 aliphatic carbocycles. The molecule has 1 fully saturated rings. The average molecular weight is 394 g/mol. The molecule has 0 saturated carbocycles. The Kier molecular flexibility index (Phi) is 6.39. The van der Waals surface area contributed by atoms with Crippen molar-refractivity contribution in [1.29, 1.82) is 0 Å². The van der Waals surface area contributed by atoms with E-state index in [9.17, 15) is 19.2 Å². The van der Waals surface area contributed by atoms with Gasteiger partial charge in [0.25, 0.3) is 5.91 Å². The van der Waals surface area contributed by atoms with Gasteiger partial charge in [0.2, 0.25) is 5.91 Å².